The van der Waals surface area contributed by atoms with Crippen LogP contribution < -0.4 is 5.73 Å². The molecule has 0 heterocycles. The summed E-state index contributed by atoms with van der Waals surface area (Å²) in [5.74, 6) is -0.239. The fourth-order valence-electron chi connectivity index (χ4n) is 2.51. The van der Waals surface area contributed by atoms with Crippen LogP contribution in [0.1, 0.15) is 54.4 Å². The molecule has 0 spiro atoms. The zero-order chi connectivity index (χ0) is 13.0. The lowest BCUT2D eigenvalue weighted by molar-refractivity contribution is 0.0267. The molecule has 0 unspecified atom stereocenters. The van der Waals surface area contributed by atoms with Gasteiger partial charge in [-0.15, -0.1) is 0 Å². The minimum atomic E-state index is -0.239. The van der Waals surface area contributed by atoms with Crippen molar-refractivity contribution in [3.05, 3.63) is 29.3 Å². The van der Waals surface area contributed by atoms with E-state index in [1.807, 2.05) is 19.1 Å². The first-order chi connectivity index (χ1) is 8.65. The molecule has 2 N–H and O–H groups in total. The zero-order valence-corrected chi connectivity index (χ0v) is 10.9. The second-order valence-electron chi connectivity index (χ2n) is 5.15. The molecule has 1 aliphatic carbocycles. The molecule has 1 aromatic carbocycles. The van der Waals surface area contributed by atoms with Crippen LogP contribution in [0.3, 0.4) is 0 Å². The Balaban J connectivity index is 2.01. The molecule has 0 aromatic heterocycles. The average molecular weight is 247 g/mol. The molecule has 3 heteroatoms. The molecule has 0 aliphatic heterocycles. The summed E-state index contributed by atoms with van der Waals surface area (Å²) in [5, 5.41) is 0. The number of hydrogen-bond acceptors (Lipinski definition) is 3. The zero-order valence-electron chi connectivity index (χ0n) is 10.9. The molecular formula is C15H21NO2. The maximum Gasteiger partial charge on any atom is 0.338 e. The Morgan fingerprint density at radius 3 is 2.44 bits per heavy atom. The van der Waals surface area contributed by atoms with Crippen LogP contribution in [0.2, 0.25) is 0 Å². The summed E-state index contributed by atoms with van der Waals surface area (Å²) >= 11 is 0. The molecule has 3 nitrogen and oxygen atoms in total. The molecule has 98 valence electrons. The van der Waals surface area contributed by atoms with Crippen molar-refractivity contribution in [1.82, 2.24) is 0 Å². The van der Waals surface area contributed by atoms with Crippen LogP contribution in [-0.2, 0) is 4.74 Å². The molecule has 1 saturated carbocycles. The van der Waals surface area contributed by atoms with E-state index in [1.54, 1.807) is 6.07 Å². The lowest BCUT2D eigenvalue weighted by Gasteiger charge is -2.15. The van der Waals surface area contributed by atoms with Crippen LogP contribution in [0.25, 0.3) is 0 Å². The second kappa shape index (κ2) is 5.89. The molecule has 1 aromatic rings. The predicted octanol–water partition coefficient (Wildman–Crippen LogP) is 3.46. The Hall–Kier alpha value is -1.51. The first-order valence-corrected chi connectivity index (χ1v) is 6.73. The highest BCUT2D eigenvalue weighted by molar-refractivity contribution is 5.90. The molecule has 0 atom stereocenters. The Labute approximate surface area is 108 Å². The number of aryl methyl sites for hydroxylation is 1. The van der Waals surface area contributed by atoms with Gasteiger partial charge in [0, 0.05) is 5.69 Å². The lowest BCUT2D eigenvalue weighted by atomic mass is 10.1. The van der Waals surface area contributed by atoms with E-state index in [2.05, 4.69) is 0 Å². The molecule has 18 heavy (non-hydrogen) atoms. The summed E-state index contributed by atoms with van der Waals surface area (Å²) in [4.78, 5) is 12.1. The van der Waals surface area contributed by atoms with E-state index in [1.165, 1.54) is 12.8 Å². The van der Waals surface area contributed by atoms with Crippen molar-refractivity contribution in [2.24, 2.45) is 0 Å². The fourth-order valence-corrected chi connectivity index (χ4v) is 2.51. The monoisotopic (exact) mass is 247 g/mol. The minimum Gasteiger partial charge on any atom is -0.459 e. The summed E-state index contributed by atoms with van der Waals surface area (Å²) in [6, 6.07) is 5.36. The van der Waals surface area contributed by atoms with Gasteiger partial charge in [-0.3, -0.25) is 0 Å². The summed E-state index contributed by atoms with van der Waals surface area (Å²) in [5.41, 5.74) is 7.92. The average Bonchev–Trinajstić information content (AvgIpc) is 2.56. The van der Waals surface area contributed by atoms with Crippen LogP contribution in [-0.4, -0.2) is 12.1 Å². The van der Waals surface area contributed by atoms with E-state index < -0.39 is 0 Å². The highest BCUT2D eigenvalue weighted by Gasteiger charge is 2.18. The minimum absolute atomic E-state index is 0.0849. The molecule has 0 saturated heterocycles. The summed E-state index contributed by atoms with van der Waals surface area (Å²) < 4.78 is 5.57. The number of nitrogen functional groups attached to an aromatic ring is 1. The van der Waals surface area contributed by atoms with Gasteiger partial charge in [0.2, 0.25) is 0 Å². The lowest BCUT2D eigenvalue weighted by Crippen LogP contribution is -2.17. The number of hydrogen-bond donors (Lipinski definition) is 1. The van der Waals surface area contributed by atoms with Gasteiger partial charge in [0.05, 0.1) is 5.56 Å². The number of carbonyl (C=O) groups is 1. The third-order valence-electron chi connectivity index (χ3n) is 3.41. The number of nitrogens with two attached hydrogens (primary N) is 1. The molecular weight excluding hydrogens is 226 g/mol. The van der Waals surface area contributed by atoms with E-state index in [9.17, 15) is 4.79 Å². The van der Waals surface area contributed by atoms with Gasteiger partial charge < -0.3 is 10.5 Å². The quantitative estimate of drug-likeness (QED) is 0.494. The van der Waals surface area contributed by atoms with E-state index in [4.69, 9.17) is 10.5 Å². The number of ether oxygens (including phenoxy) is 1. The van der Waals surface area contributed by atoms with Crippen molar-refractivity contribution in [2.45, 2.75) is 51.6 Å². The number of benzene rings is 1. The van der Waals surface area contributed by atoms with Gasteiger partial charge in [0.1, 0.15) is 6.10 Å². The van der Waals surface area contributed by atoms with Crippen LogP contribution in [0, 0.1) is 6.92 Å². The van der Waals surface area contributed by atoms with Crippen molar-refractivity contribution in [3.63, 3.8) is 0 Å². The largest absolute Gasteiger partial charge is 0.459 e. The standard InChI is InChI=1S/C15H21NO2/c1-11-8-12(10-13(16)9-11)15(17)18-14-6-4-2-3-5-7-14/h8-10,14H,2-7,16H2,1H3. The molecule has 2 rings (SSSR count). The second-order valence-corrected chi connectivity index (χ2v) is 5.15. The topological polar surface area (TPSA) is 52.3 Å². The first kappa shape index (κ1) is 12.9. The van der Waals surface area contributed by atoms with Crippen molar-refractivity contribution in [1.29, 1.82) is 0 Å². The maximum atomic E-state index is 12.1. The van der Waals surface area contributed by atoms with Crippen molar-refractivity contribution in [3.8, 4) is 0 Å². The molecule has 1 aliphatic rings. The van der Waals surface area contributed by atoms with E-state index in [-0.39, 0.29) is 12.1 Å². The molecule has 0 radical (unpaired) electrons. The van der Waals surface area contributed by atoms with Crippen molar-refractivity contribution >= 4 is 11.7 Å². The van der Waals surface area contributed by atoms with Crippen LogP contribution >= 0.6 is 0 Å². The molecule has 1 fully saturated rings. The third kappa shape index (κ3) is 3.49. The molecule has 0 amide bonds. The van der Waals surface area contributed by atoms with Gasteiger partial charge in [0.15, 0.2) is 0 Å². The van der Waals surface area contributed by atoms with Gasteiger partial charge in [-0.2, -0.15) is 0 Å². The van der Waals surface area contributed by atoms with Gasteiger partial charge in [-0.25, -0.2) is 4.79 Å². The van der Waals surface area contributed by atoms with E-state index in [0.717, 1.165) is 31.2 Å². The Morgan fingerprint density at radius 1 is 1.17 bits per heavy atom. The highest BCUT2D eigenvalue weighted by Crippen LogP contribution is 2.21. The SMILES string of the molecule is Cc1cc(N)cc(C(=O)OC2CCCCCC2)c1. The predicted molar refractivity (Wildman–Crippen MR) is 72.5 cm³/mol. The van der Waals surface area contributed by atoms with Crippen LogP contribution in [0.5, 0.6) is 0 Å². The van der Waals surface area contributed by atoms with Gasteiger partial charge >= 0.3 is 5.97 Å². The normalized spacial score (nSPS) is 17.2. The number of carbonyl (C=O) groups excluding carboxylic acids is 1. The van der Waals surface area contributed by atoms with Gasteiger partial charge in [-0.05, 0) is 56.4 Å². The summed E-state index contributed by atoms with van der Waals surface area (Å²) in [6.45, 7) is 1.93. The van der Waals surface area contributed by atoms with Crippen molar-refractivity contribution < 1.29 is 9.53 Å². The Kier molecular flexibility index (Phi) is 4.24. The number of esters is 1. The Bertz CT molecular complexity index is 400. The Morgan fingerprint density at radius 2 is 1.83 bits per heavy atom. The number of rotatable bonds is 2. The van der Waals surface area contributed by atoms with E-state index >= 15 is 0 Å². The molecule has 0 bridgehead atoms. The third-order valence-corrected chi connectivity index (χ3v) is 3.41. The van der Waals surface area contributed by atoms with E-state index in [0.29, 0.717) is 11.3 Å². The van der Waals surface area contributed by atoms with Gasteiger partial charge in [0.25, 0.3) is 0 Å². The smallest absolute Gasteiger partial charge is 0.338 e. The summed E-state index contributed by atoms with van der Waals surface area (Å²) in [6.07, 6.45) is 6.90. The number of anilines is 1. The highest BCUT2D eigenvalue weighted by atomic mass is 16.5. The van der Waals surface area contributed by atoms with Crippen LogP contribution in [0.15, 0.2) is 18.2 Å². The first-order valence-electron chi connectivity index (χ1n) is 6.73. The van der Waals surface area contributed by atoms with Crippen LogP contribution in [0.4, 0.5) is 5.69 Å². The fraction of sp³-hybridized carbons (Fsp3) is 0.533. The van der Waals surface area contributed by atoms with Crippen molar-refractivity contribution in [2.75, 3.05) is 5.73 Å². The summed E-state index contributed by atoms with van der Waals surface area (Å²) in [7, 11) is 0. The van der Waals surface area contributed by atoms with Gasteiger partial charge in [-0.1, -0.05) is 12.8 Å². The maximum absolute atomic E-state index is 12.1.